The van der Waals surface area contributed by atoms with Gasteiger partial charge in [-0.2, -0.15) is 8.42 Å². The Kier molecular flexibility index (Phi) is 27.5. The Bertz CT molecular complexity index is 1100. The number of hydrogen-bond acceptors (Lipinski definition) is 11. The van der Waals surface area contributed by atoms with Crippen molar-refractivity contribution in [1.82, 2.24) is 5.32 Å². The smallest absolute Gasteiger partial charge is 0.394 e. The minimum Gasteiger partial charge on any atom is -0.394 e. The minimum absolute atomic E-state index is 0.224. The maximum atomic E-state index is 13.0. The molecule has 0 radical (unpaired) electrons. The van der Waals surface area contributed by atoms with Crippen molar-refractivity contribution < 1.29 is 57.0 Å². The number of allylic oxidation sites excluding steroid dienone is 5. The van der Waals surface area contributed by atoms with E-state index in [4.69, 9.17) is 14.0 Å². The Morgan fingerprint density at radius 3 is 1.88 bits per heavy atom. The van der Waals surface area contributed by atoms with Crippen molar-refractivity contribution in [2.75, 3.05) is 13.2 Å². The monoisotopic (exact) mass is 763 g/mol. The van der Waals surface area contributed by atoms with Gasteiger partial charge < -0.3 is 40.3 Å². The molecule has 0 aromatic rings. The van der Waals surface area contributed by atoms with Crippen LogP contribution in [0.15, 0.2) is 36.5 Å². The highest BCUT2D eigenvalue weighted by molar-refractivity contribution is 7.80. The molecule has 1 aliphatic rings. The third kappa shape index (κ3) is 22.5. The molecule has 1 amide bonds. The van der Waals surface area contributed by atoms with Gasteiger partial charge in [-0.15, -0.1) is 0 Å². The average molecular weight is 764 g/mol. The van der Waals surface area contributed by atoms with Crippen LogP contribution in [0.2, 0.25) is 0 Å². The molecule has 1 rings (SSSR count). The fraction of sp³-hybridized carbons (Fsp3) is 0.816. The Hall–Kier alpha value is -1.72. The number of hydrogen-bond donors (Lipinski definition) is 7. The van der Waals surface area contributed by atoms with Crippen molar-refractivity contribution in [3.8, 4) is 0 Å². The number of unbranched alkanes of at least 4 members (excludes halogenated alkanes) is 15. The third-order valence-electron chi connectivity index (χ3n) is 9.05. The second-order valence-corrected chi connectivity index (χ2v) is 14.7. The molecule has 0 aromatic carbocycles. The number of carbonyl (C=O) groups excluding carboxylic acids is 1. The fourth-order valence-corrected chi connectivity index (χ4v) is 6.37. The Balaban J connectivity index is 2.69. The molecule has 14 heteroatoms. The lowest BCUT2D eigenvalue weighted by atomic mass is 9.99. The van der Waals surface area contributed by atoms with Gasteiger partial charge in [0.15, 0.2) is 6.29 Å². The number of aliphatic hydroxyl groups is 5. The second kappa shape index (κ2) is 29.6. The van der Waals surface area contributed by atoms with E-state index < -0.39 is 78.5 Å². The summed E-state index contributed by atoms with van der Waals surface area (Å²) in [6.45, 7) is 3.09. The molecule has 1 heterocycles. The molecule has 8 unspecified atom stereocenters. The van der Waals surface area contributed by atoms with E-state index >= 15 is 0 Å². The molecule has 0 aliphatic carbocycles. The first-order valence-corrected chi connectivity index (χ1v) is 20.9. The molecule has 0 spiro atoms. The normalized spacial score (nSPS) is 23.1. The topological polar surface area (TPSA) is 212 Å². The van der Waals surface area contributed by atoms with Crippen LogP contribution in [-0.4, -0.2) is 107 Å². The third-order valence-corrected chi connectivity index (χ3v) is 9.52. The van der Waals surface area contributed by atoms with Gasteiger partial charge >= 0.3 is 10.4 Å². The van der Waals surface area contributed by atoms with E-state index in [-0.39, 0.29) is 6.42 Å². The lowest BCUT2D eigenvalue weighted by molar-refractivity contribution is -0.298. The summed E-state index contributed by atoms with van der Waals surface area (Å²) in [5, 5.41) is 54.8. The quantitative estimate of drug-likeness (QED) is 0.0216. The van der Waals surface area contributed by atoms with Gasteiger partial charge in [0.25, 0.3) is 0 Å². The first kappa shape index (κ1) is 48.3. The van der Waals surface area contributed by atoms with Crippen LogP contribution in [0.1, 0.15) is 136 Å². The summed E-state index contributed by atoms with van der Waals surface area (Å²) in [5.74, 6) is -0.720. The number of amides is 1. The summed E-state index contributed by atoms with van der Waals surface area (Å²) < 4.78 is 47.2. The van der Waals surface area contributed by atoms with Crippen molar-refractivity contribution >= 4 is 16.3 Å². The van der Waals surface area contributed by atoms with E-state index in [9.17, 15) is 38.7 Å². The molecule has 1 saturated heterocycles. The van der Waals surface area contributed by atoms with Gasteiger partial charge in [0.1, 0.15) is 30.5 Å². The Morgan fingerprint density at radius 1 is 0.788 bits per heavy atom. The lowest BCUT2D eigenvalue weighted by Crippen LogP contribution is -2.61. The minimum atomic E-state index is -5.11. The standard InChI is InChI=1S/C38H69NO12S/c1-3-5-7-9-11-13-14-15-16-17-19-21-23-25-27-32(42)37(45)39-30(31(41)26-24-22-20-18-12-10-8-6-4-2)29-49-38-35(44)36(51-52(46,47)48)34(43)33(28-40)50-38/h11,13-15,24,26,30-36,38,40-44H,3-10,12,16-23,25,27-29H2,1-2H3,(H,39,45)(H,46,47,48)/b13-11-,15-14-,26-24+. The second-order valence-electron chi connectivity index (χ2n) is 13.7. The number of carbonyl (C=O) groups is 1. The van der Waals surface area contributed by atoms with Crippen LogP contribution in [0.5, 0.6) is 0 Å². The Labute approximate surface area is 312 Å². The highest BCUT2D eigenvalue weighted by atomic mass is 32.3. The first-order valence-electron chi connectivity index (χ1n) is 19.5. The van der Waals surface area contributed by atoms with Gasteiger partial charge in [-0.25, -0.2) is 4.18 Å². The molecule has 1 fully saturated rings. The zero-order valence-electron chi connectivity index (χ0n) is 31.5. The fourth-order valence-electron chi connectivity index (χ4n) is 5.86. The van der Waals surface area contributed by atoms with Gasteiger partial charge in [-0.05, 0) is 44.9 Å². The van der Waals surface area contributed by atoms with E-state index in [0.717, 1.165) is 57.8 Å². The molecule has 52 heavy (non-hydrogen) atoms. The van der Waals surface area contributed by atoms with Crippen molar-refractivity contribution in [2.24, 2.45) is 0 Å². The van der Waals surface area contributed by atoms with Crippen LogP contribution in [0.4, 0.5) is 0 Å². The molecule has 304 valence electrons. The molecule has 1 aliphatic heterocycles. The zero-order valence-corrected chi connectivity index (χ0v) is 32.3. The summed E-state index contributed by atoms with van der Waals surface area (Å²) in [6, 6.07) is -1.12. The largest absolute Gasteiger partial charge is 0.397 e. The van der Waals surface area contributed by atoms with E-state index in [1.165, 1.54) is 51.0 Å². The van der Waals surface area contributed by atoms with Crippen LogP contribution in [0.25, 0.3) is 0 Å². The van der Waals surface area contributed by atoms with E-state index in [0.29, 0.717) is 12.8 Å². The average Bonchev–Trinajstić information content (AvgIpc) is 3.11. The Morgan fingerprint density at radius 2 is 1.31 bits per heavy atom. The number of aliphatic hydroxyl groups excluding tert-OH is 5. The van der Waals surface area contributed by atoms with Crippen molar-refractivity contribution in [2.45, 2.75) is 185 Å². The van der Waals surface area contributed by atoms with Gasteiger partial charge in [-0.1, -0.05) is 127 Å². The summed E-state index contributed by atoms with van der Waals surface area (Å²) in [6.07, 6.45) is 19.7. The van der Waals surface area contributed by atoms with Crippen LogP contribution in [0.3, 0.4) is 0 Å². The van der Waals surface area contributed by atoms with Crippen LogP contribution in [0, 0.1) is 0 Å². The van der Waals surface area contributed by atoms with Crippen molar-refractivity contribution in [3.63, 3.8) is 0 Å². The molecule has 0 aromatic heterocycles. The maximum Gasteiger partial charge on any atom is 0.397 e. The van der Waals surface area contributed by atoms with Gasteiger partial charge in [0.05, 0.1) is 25.4 Å². The summed E-state index contributed by atoms with van der Waals surface area (Å²) in [7, 11) is -5.11. The highest BCUT2D eigenvalue weighted by Crippen LogP contribution is 2.26. The molecular weight excluding hydrogens is 694 g/mol. The first-order chi connectivity index (χ1) is 24.9. The van der Waals surface area contributed by atoms with E-state index in [2.05, 4.69) is 47.7 Å². The summed E-state index contributed by atoms with van der Waals surface area (Å²) in [4.78, 5) is 13.0. The molecule has 0 saturated carbocycles. The highest BCUT2D eigenvalue weighted by Gasteiger charge is 2.48. The number of ether oxygens (including phenoxy) is 2. The van der Waals surface area contributed by atoms with Crippen molar-refractivity contribution in [1.29, 1.82) is 0 Å². The van der Waals surface area contributed by atoms with Crippen LogP contribution >= 0.6 is 0 Å². The molecule has 8 atom stereocenters. The van der Waals surface area contributed by atoms with Crippen molar-refractivity contribution in [3.05, 3.63) is 36.5 Å². The molecular formula is C38H69NO12S. The summed E-state index contributed by atoms with van der Waals surface area (Å²) in [5.41, 5.74) is 0. The number of rotatable bonds is 31. The van der Waals surface area contributed by atoms with E-state index in [1.807, 2.05) is 0 Å². The van der Waals surface area contributed by atoms with Crippen LogP contribution in [-0.2, 0) is 28.9 Å². The van der Waals surface area contributed by atoms with Crippen LogP contribution < -0.4 is 5.32 Å². The zero-order chi connectivity index (χ0) is 38.6. The van der Waals surface area contributed by atoms with E-state index in [1.54, 1.807) is 6.08 Å². The lowest BCUT2D eigenvalue weighted by Gasteiger charge is -2.41. The van der Waals surface area contributed by atoms with Gasteiger partial charge in [-0.3, -0.25) is 9.35 Å². The maximum absolute atomic E-state index is 13.0. The molecule has 13 nitrogen and oxygen atoms in total. The molecule has 7 N–H and O–H groups in total. The predicted octanol–water partition coefficient (Wildman–Crippen LogP) is 4.96. The SMILES string of the molecule is CCCCC/C=C\C=C/CCCCCCCC(O)C(=O)NC(COC1OC(CO)C(O)C(OS(=O)(=O)O)C1O)C(O)/C=C/CCCCCCCCC. The predicted molar refractivity (Wildman–Crippen MR) is 201 cm³/mol. The molecule has 0 bridgehead atoms. The van der Waals surface area contributed by atoms with Gasteiger partial charge in [0, 0.05) is 0 Å². The summed E-state index contributed by atoms with van der Waals surface area (Å²) >= 11 is 0. The van der Waals surface area contributed by atoms with Gasteiger partial charge in [0.2, 0.25) is 5.91 Å². The number of nitrogens with one attached hydrogen (secondary N) is 1.